The van der Waals surface area contributed by atoms with Gasteiger partial charge in [0.2, 0.25) is 5.91 Å². The SMILES string of the molecule is CCOc1ccccc1N1C(=O)[C@@H]2[C@@H](c3cccc(OC)c3OC)N(c3ccccc3)O[C@H]2C1=O. The van der Waals surface area contributed by atoms with Crippen LogP contribution in [-0.4, -0.2) is 38.7 Å². The van der Waals surface area contributed by atoms with Gasteiger partial charge in [0.25, 0.3) is 5.91 Å². The third-order valence-corrected chi connectivity index (χ3v) is 6.28. The van der Waals surface area contributed by atoms with Crippen molar-refractivity contribution in [2.45, 2.75) is 19.1 Å². The van der Waals surface area contributed by atoms with Gasteiger partial charge in [-0.15, -0.1) is 0 Å². The molecular formula is C27H26N2O6. The number of anilines is 2. The molecule has 2 aliphatic heterocycles. The molecule has 2 aliphatic rings. The van der Waals surface area contributed by atoms with E-state index in [2.05, 4.69) is 0 Å². The van der Waals surface area contributed by atoms with Gasteiger partial charge < -0.3 is 14.2 Å². The summed E-state index contributed by atoms with van der Waals surface area (Å²) in [5.74, 6) is -0.126. The van der Waals surface area contributed by atoms with E-state index in [4.69, 9.17) is 19.0 Å². The number of imide groups is 1. The van der Waals surface area contributed by atoms with E-state index < -0.39 is 24.0 Å². The molecule has 3 aromatic carbocycles. The zero-order valence-corrected chi connectivity index (χ0v) is 19.7. The van der Waals surface area contributed by atoms with Crippen LogP contribution in [0.4, 0.5) is 11.4 Å². The molecule has 0 saturated carbocycles. The zero-order chi connectivity index (χ0) is 24.5. The van der Waals surface area contributed by atoms with Gasteiger partial charge >= 0.3 is 0 Å². The molecule has 0 aliphatic carbocycles. The second-order valence-electron chi connectivity index (χ2n) is 8.15. The second kappa shape index (κ2) is 9.31. The summed E-state index contributed by atoms with van der Waals surface area (Å²) in [6.07, 6.45) is -1.00. The van der Waals surface area contributed by atoms with Gasteiger partial charge in [-0.25, -0.2) is 9.96 Å². The largest absolute Gasteiger partial charge is 0.493 e. The van der Waals surface area contributed by atoms with E-state index in [1.807, 2.05) is 49.4 Å². The van der Waals surface area contributed by atoms with Crippen LogP contribution in [0.5, 0.6) is 17.2 Å². The fourth-order valence-corrected chi connectivity index (χ4v) is 4.83. The summed E-state index contributed by atoms with van der Waals surface area (Å²) in [5, 5.41) is 1.63. The first-order chi connectivity index (χ1) is 17.1. The molecule has 0 aromatic heterocycles. The van der Waals surface area contributed by atoms with Crippen LogP contribution in [-0.2, 0) is 14.4 Å². The van der Waals surface area contributed by atoms with Gasteiger partial charge in [0.05, 0.1) is 32.2 Å². The lowest BCUT2D eigenvalue weighted by Gasteiger charge is -2.30. The molecule has 0 bridgehead atoms. The Hall–Kier alpha value is -4.04. The molecule has 2 heterocycles. The van der Waals surface area contributed by atoms with Crippen molar-refractivity contribution in [2.24, 2.45) is 5.92 Å². The molecule has 0 radical (unpaired) electrons. The summed E-state index contributed by atoms with van der Waals surface area (Å²) in [4.78, 5) is 35.0. The fraction of sp³-hybridized carbons (Fsp3) is 0.259. The highest BCUT2D eigenvalue weighted by Crippen LogP contribution is 2.51. The average Bonchev–Trinajstić information content (AvgIpc) is 3.40. The van der Waals surface area contributed by atoms with E-state index in [-0.39, 0.29) is 5.91 Å². The molecule has 2 fully saturated rings. The molecule has 2 saturated heterocycles. The van der Waals surface area contributed by atoms with Crippen LogP contribution in [0.25, 0.3) is 0 Å². The van der Waals surface area contributed by atoms with E-state index in [9.17, 15) is 9.59 Å². The summed E-state index contributed by atoms with van der Waals surface area (Å²) < 4.78 is 16.9. The van der Waals surface area contributed by atoms with Crippen molar-refractivity contribution in [1.82, 2.24) is 0 Å². The summed E-state index contributed by atoms with van der Waals surface area (Å²) in [5.41, 5.74) is 1.81. The van der Waals surface area contributed by atoms with Crippen molar-refractivity contribution in [3.63, 3.8) is 0 Å². The van der Waals surface area contributed by atoms with Gasteiger partial charge in [-0.1, -0.05) is 42.5 Å². The Bertz CT molecular complexity index is 1250. The first-order valence-corrected chi connectivity index (χ1v) is 11.4. The summed E-state index contributed by atoms with van der Waals surface area (Å²) in [6.45, 7) is 2.26. The van der Waals surface area contributed by atoms with Crippen molar-refractivity contribution < 1.29 is 28.6 Å². The molecule has 0 spiro atoms. The van der Waals surface area contributed by atoms with Crippen LogP contribution < -0.4 is 24.2 Å². The summed E-state index contributed by atoms with van der Waals surface area (Å²) in [6, 6.07) is 21.3. The molecule has 5 rings (SSSR count). The molecule has 35 heavy (non-hydrogen) atoms. The standard InChI is InChI=1S/C27H26N2O6/c1-4-34-20-15-9-8-14-19(20)28-26(30)22-23(18-13-10-16-21(32-2)24(18)33-3)29(35-25(22)27(28)31)17-11-6-5-7-12-17/h5-16,22-23,25H,4H2,1-3H3/t22-,23-,25-/m1/s1. The van der Waals surface area contributed by atoms with Crippen LogP contribution in [0.3, 0.4) is 0 Å². The van der Waals surface area contributed by atoms with E-state index in [0.29, 0.717) is 35.1 Å². The van der Waals surface area contributed by atoms with Crippen LogP contribution in [0.15, 0.2) is 72.8 Å². The number of carbonyl (C=O) groups excluding carboxylic acids is 2. The number of para-hydroxylation sites is 4. The smallest absolute Gasteiger partial charge is 0.266 e. The van der Waals surface area contributed by atoms with Gasteiger partial charge in [0.1, 0.15) is 17.7 Å². The van der Waals surface area contributed by atoms with Crippen molar-refractivity contribution in [1.29, 1.82) is 0 Å². The minimum Gasteiger partial charge on any atom is -0.493 e. The van der Waals surface area contributed by atoms with Crippen molar-refractivity contribution in [3.8, 4) is 17.2 Å². The minimum atomic E-state index is -1.00. The van der Waals surface area contributed by atoms with Crippen molar-refractivity contribution in [3.05, 3.63) is 78.4 Å². The monoisotopic (exact) mass is 474 g/mol. The lowest BCUT2D eigenvalue weighted by Crippen LogP contribution is -2.37. The van der Waals surface area contributed by atoms with Crippen LogP contribution in [0, 0.1) is 5.92 Å². The van der Waals surface area contributed by atoms with Gasteiger partial charge in [-0.05, 0) is 37.3 Å². The molecule has 3 aromatic rings. The van der Waals surface area contributed by atoms with E-state index in [0.717, 1.165) is 5.69 Å². The number of amides is 2. The number of hydrogen-bond acceptors (Lipinski definition) is 7. The van der Waals surface area contributed by atoms with Gasteiger partial charge in [-0.3, -0.25) is 14.4 Å². The van der Waals surface area contributed by atoms with Gasteiger partial charge in [-0.2, -0.15) is 0 Å². The number of ether oxygens (including phenoxy) is 3. The number of hydroxylamine groups is 1. The van der Waals surface area contributed by atoms with E-state index in [1.165, 1.54) is 4.90 Å². The Morgan fingerprint density at radius 3 is 2.26 bits per heavy atom. The Labute approximate surface area is 203 Å². The number of fused-ring (bicyclic) bond motifs is 1. The van der Waals surface area contributed by atoms with Crippen LogP contribution in [0.1, 0.15) is 18.5 Å². The number of benzene rings is 3. The first kappa shape index (κ1) is 22.7. The quantitative estimate of drug-likeness (QED) is 0.476. The van der Waals surface area contributed by atoms with E-state index >= 15 is 0 Å². The second-order valence-corrected chi connectivity index (χ2v) is 8.15. The highest BCUT2D eigenvalue weighted by Gasteiger charge is 2.61. The predicted molar refractivity (Wildman–Crippen MR) is 130 cm³/mol. The Morgan fingerprint density at radius 2 is 1.54 bits per heavy atom. The van der Waals surface area contributed by atoms with Crippen LogP contribution >= 0.6 is 0 Å². The predicted octanol–water partition coefficient (Wildman–Crippen LogP) is 4.15. The number of nitrogens with zero attached hydrogens (tertiary/aromatic N) is 2. The van der Waals surface area contributed by atoms with Crippen molar-refractivity contribution in [2.75, 3.05) is 30.8 Å². The Kier molecular flexibility index (Phi) is 6.05. The topological polar surface area (TPSA) is 77.5 Å². The number of rotatable bonds is 7. The first-order valence-electron chi connectivity index (χ1n) is 11.4. The number of methoxy groups -OCH3 is 2. The molecule has 8 heteroatoms. The molecule has 0 unspecified atom stereocenters. The maximum Gasteiger partial charge on any atom is 0.266 e. The Balaban J connectivity index is 1.64. The number of hydrogen-bond donors (Lipinski definition) is 0. The maximum atomic E-state index is 13.9. The minimum absolute atomic E-state index is 0.361. The van der Waals surface area contributed by atoms with Gasteiger partial charge in [0, 0.05) is 5.56 Å². The van der Waals surface area contributed by atoms with Crippen molar-refractivity contribution >= 4 is 23.2 Å². The lowest BCUT2D eigenvalue weighted by atomic mass is 9.89. The molecule has 8 nitrogen and oxygen atoms in total. The highest BCUT2D eigenvalue weighted by atomic mass is 16.7. The fourth-order valence-electron chi connectivity index (χ4n) is 4.83. The number of carbonyl (C=O) groups is 2. The average molecular weight is 475 g/mol. The third kappa shape index (κ3) is 3.66. The normalized spacial score (nSPS) is 21.3. The van der Waals surface area contributed by atoms with Crippen LogP contribution in [0.2, 0.25) is 0 Å². The van der Waals surface area contributed by atoms with E-state index in [1.54, 1.807) is 49.6 Å². The maximum absolute atomic E-state index is 13.9. The highest BCUT2D eigenvalue weighted by molar-refractivity contribution is 6.24. The lowest BCUT2D eigenvalue weighted by molar-refractivity contribution is -0.126. The molecule has 2 amide bonds. The zero-order valence-electron chi connectivity index (χ0n) is 19.7. The summed E-state index contributed by atoms with van der Waals surface area (Å²) in [7, 11) is 3.11. The third-order valence-electron chi connectivity index (χ3n) is 6.28. The van der Waals surface area contributed by atoms with Gasteiger partial charge in [0.15, 0.2) is 17.6 Å². The molecule has 180 valence electrons. The molecule has 3 atom stereocenters. The molecular weight excluding hydrogens is 448 g/mol. The molecule has 0 N–H and O–H groups in total. The Morgan fingerprint density at radius 1 is 0.829 bits per heavy atom. The summed E-state index contributed by atoms with van der Waals surface area (Å²) >= 11 is 0.